The number of carbonyl (C=O) groups is 1. The molecule has 0 saturated carbocycles. The van der Waals surface area contributed by atoms with E-state index in [0.29, 0.717) is 5.89 Å². The number of aromatic nitrogens is 1. The van der Waals surface area contributed by atoms with Crippen LogP contribution in [0.25, 0.3) is 29.7 Å². The fourth-order valence-electron chi connectivity index (χ4n) is 2.31. The van der Waals surface area contributed by atoms with Crippen LogP contribution in [0.5, 0.6) is 0 Å². The lowest BCUT2D eigenvalue weighted by molar-refractivity contribution is -0.104. The van der Waals surface area contributed by atoms with Crippen molar-refractivity contribution in [1.29, 1.82) is 0 Å². The first-order valence-corrected chi connectivity index (χ1v) is 7.69. The third-order valence-corrected chi connectivity index (χ3v) is 3.59. The van der Waals surface area contributed by atoms with Crippen LogP contribution in [0.2, 0.25) is 0 Å². The molecule has 3 nitrogen and oxygen atoms in total. The molecule has 0 atom stereocenters. The topological polar surface area (TPSA) is 43.1 Å². The molecule has 3 heteroatoms. The summed E-state index contributed by atoms with van der Waals surface area (Å²) in [6.07, 6.45) is 7.96. The van der Waals surface area contributed by atoms with E-state index in [1.165, 1.54) is 6.08 Å². The minimum atomic E-state index is 0.627. The van der Waals surface area contributed by atoms with E-state index < -0.39 is 0 Å². The molecule has 0 fully saturated rings. The highest BCUT2D eigenvalue weighted by atomic mass is 16.4. The van der Waals surface area contributed by atoms with Crippen LogP contribution in [0.4, 0.5) is 0 Å². The van der Waals surface area contributed by atoms with Crippen molar-refractivity contribution in [3.05, 3.63) is 83.3 Å². The van der Waals surface area contributed by atoms with Crippen LogP contribution in [-0.4, -0.2) is 11.3 Å². The first-order chi connectivity index (χ1) is 11.8. The molecule has 0 amide bonds. The van der Waals surface area contributed by atoms with Crippen LogP contribution >= 0.6 is 0 Å². The summed E-state index contributed by atoms with van der Waals surface area (Å²) in [6.45, 7) is 1.91. The number of rotatable bonds is 5. The Kier molecular flexibility index (Phi) is 4.82. The summed E-state index contributed by atoms with van der Waals surface area (Å²) >= 11 is 0. The Morgan fingerprint density at radius 1 is 0.875 bits per heavy atom. The predicted octanol–water partition coefficient (Wildman–Crippen LogP) is 5.03. The molecule has 0 N–H and O–H groups in total. The van der Waals surface area contributed by atoms with Crippen molar-refractivity contribution in [2.24, 2.45) is 0 Å². The lowest BCUT2D eigenvalue weighted by atomic mass is 10.1. The van der Waals surface area contributed by atoms with Gasteiger partial charge < -0.3 is 4.42 Å². The predicted molar refractivity (Wildman–Crippen MR) is 97.1 cm³/mol. The first-order valence-electron chi connectivity index (χ1n) is 7.69. The molecule has 2 aromatic carbocycles. The maximum Gasteiger partial charge on any atom is 0.226 e. The van der Waals surface area contributed by atoms with Gasteiger partial charge >= 0.3 is 0 Å². The fraction of sp³-hybridized carbons (Fsp3) is 0.0476. The lowest BCUT2D eigenvalue weighted by Crippen LogP contribution is -1.79. The number of nitrogens with zero attached hydrogens (tertiary/aromatic N) is 1. The molecule has 0 saturated heterocycles. The van der Waals surface area contributed by atoms with Crippen molar-refractivity contribution in [2.45, 2.75) is 6.92 Å². The van der Waals surface area contributed by atoms with Crippen LogP contribution in [0.15, 0.2) is 65.1 Å². The molecule has 0 aliphatic carbocycles. The third-order valence-electron chi connectivity index (χ3n) is 3.59. The van der Waals surface area contributed by atoms with E-state index in [4.69, 9.17) is 4.42 Å². The molecule has 0 aliphatic rings. The number of aryl methyl sites for hydroxylation is 1. The third kappa shape index (κ3) is 3.76. The molecule has 118 valence electrons. The summed E-state index contributed by atoms with van der Waals surface area (Å²) in [5.74, 6) is 1.41. The van der Waals surface area contributed by atoms with Crippen molar-refractivity contribution < 1.29 is 9.21 Å². The SMILES string of the molecule is Cc1oc(-c2ccccc2)nc1/C=C/c1ccc(/C=C/C=O)cc1. The van der Waals surface area contributed by atoms with Gasteiger partial charge in [0.05, 0.1) is 0 Å². The van der Waals surface area contributed by atoms with Gasteiger partial charge in [0, 0.05) is 5.56 Å². The molecule has 0 radical (unpaired) electrons. The van der Waals surface area contributed by atoms with Crippen LogP contribution in [0.3, 0.4) is 0 Å². The Balaban J connectivity index is 1.78. The van der Waals surface area contributed by atoms with E-state index in [1.807, 2.05) is 73.7 Å². The minimum absolute atomic E-state index is 0.627. The second-order valence-corrected chi connectivity index (χ2v) is 5.32. The van der Waals surface area contributed by atoms with E-state index in [0.717, 1.165) is 34.4 Å². The zero-order chi connectivity index (χ0) is 16.8. The maximum atomic E-state index is 10.3. The van der Waals surface area contributed by atoms with Gasteiger partial charge in [-0.1, -0.05) is 54.6 Å². The number of aldehydes is 1. The van der Waals surface area contributed by atoms with Gasteiger partial charge in [-0.25, -0.2) is 4.98 Å². The smallest absolute Gasteiger partial charge is 0.226 e. The summed E-state index contributed by atoms with van der Waals surface area (Å²) in [4.78, 5) is 14.9. The molecule has 3 rings (SSSR count). The molecule has 1 heterocycles. The Labute approximate surface area is 141 Å². The average Bonchev–Trinajstić information content (AvgIpc) is 3.01. The number of benzene rings is 2. The number of oxazole rings is 1. The van der Waals surface area contributed by atoms with Gasteiger partial charge in [-0.15, -0.1) is 0 Å². The molecule has 0 aliphatic heterocycles. The summed E-state index contributed by atoms with van der Waals surface area (Å²) in [6, 6.07) is 17.8. The molecule has 0 unspecified atom stereocenters. The van der Waals surface area contributed by atoms with Gasteiger partial charge in [0.2, 0.25) is 5.89 Å². The van der Waals surface area contributed by atoms with Crippen molar-refractivity contribution in [1.82, 2.24) is 4.98 Å². The number of carbonyl (C=O) groups excluding carboxylic acids is 1. The summed E-state index contributed by atoms with van der Waals surface area (Å²) < 4.78 is 5.75. The highest BCUT2D eigenvalue weighted by Gasteiger charge is 2.08. The summed E-state index contributed by atoms with van der Waals surface area (Å²) in [5, 5.41) is 0. The Morgan fingerprint density at radius 2 is 1.54 bits per heavy atom. The molecule has 3 aromatic rings. The quantitative estimate of drug-likeness (QED) is 0.490. The second-order valence-electron chi connectivity index (χ2n) is 5.32. The van der Waals surface area contributed by atoms with Crippen molar-refractivity contribution in [3.63, 3.8) is 0 Å². The second kappa shape index (κ2) is 7.38. The maximum absolute atomic E-state index is 10.3. The highest BCUT2D eigenvalue weighted by molar-refractivity contribution is 5.75. The molecular weight excluding hydrogens is 298 g/mol. The van der Waals surface area contributed by atoms with E-state index >= 15 is 0 Å². The van der Waals surface area contributed by atoms with Gasteiger partial charge in [-0.2, -0.15) is 0 Å². The number of hydrogen-bond acceptors (Lipinski definition) is 3. The van der Waals surface area contributed by atoms with Crippen LogP contribution < -0.4 is 0 Å². The number of hydrogen-bond donors (Lipinski definition) is 0. The van der Waals surface area contributed by atoms with Gasteiger partial charge in [0.25, 0.3) is 0 Å². The normalized spacial score (nSPS) is 11.4. The summed E-state index contributed by atoms with van der Waals surface area (Å²) in [5.41, 5.74) is 3.83. The van der Waals surface area contributed by atoms with E-state index in [-0.39, 0.29) is 0 Å². The average molecular weight is 315 g/mol. The van der Waals surface area contributed by atoms with Crippen LogP contribution in [0, 0.1) is 6.92 Å². The Bertz CT molecular complexity index is 872. The first kappa shape index (κ1) is 15.7. The molecule has 0 bridgehead atoms. The molecule has 1 aromatic heterocycles. The van der Waals surface area contributed by atoms with Gasteiger partial charge in [-0.3, -0.25) is 4.79 Å². The molecule has 0 spiro atoms. The minimum Gasteiger partial charge on any atom is -0.441 e. The standard InChI is InChI=1S/C21H17NO2/c1-16-20(22-21(24-16)19-7-3-2-4-8-19)14-13-18-11-9-17(10-12-18)6-5-15-23/h2-15H,1H3/b6-5+,14-13+. The Morgan fingerprint density at radius 3 is 2.21 bits per heavy atom. The van der Waals surface area contributed by atoms with Crippen molar-refractivity contribution in [2.75, 3.05) is 0 Å². The van der Waals surface area contributed by atoms with Gasteiger partial charge in [-0.05, 0) is 42.3 Å². The van der Waals surface area contributed by atoms with Gasteiger partial charge in [0.1, 0.15) is 17.7 Å². The monoisotopic (exact) mass is 315 g/mol. The zero-order valence-corrected chi connectivity index (χ0v) is 13.3. The van der Waals surface area contributed by atoms with Crippen LogP contribution in [-0.2, 0) is 4.79 Å². The highest BCUT2D eigenvalue weighted by Crippen LogP contribution is 2.22. The zero-order valence-electron chi connectivity index (χ0n) is 13.3. The van der Waals surface area contributed by atoms with Gasteiger partial charge in [0.15, 0.2) is 0 Å². The number of allylic oxidation sites excluding steroid dienone is 1. The van der Waals surface area contributed by atoms with Crippen LogP contribution in [0.1, 0.15) is 22.6 Å². The summed E-state index contributed by atoms with van der Waals surface area (Å²) in [7, 11) is 0. The van der Waals surface area contributed by atoms with E-state index in [1.54, 1.807) is 6.08 Å². The Hall–Kier alpha value is -3.20. The van der Waals surface area contributed by atoms with E-state index in [9.17, 15) is 4.79 Å². The molecular formula is C21H17NO2. The van der Waals surface area contributed by atoms with Crippen molar-refractivity contribution >= 4 is 24.5 Å². The molecule has 24 heavy (non-hydrogen) atoms. The largest absolute Gasteiger partial charge is 0.441 e. The van der Waals surface area contributed by atoms with E-state index in [2.05, 4.69) is 4.98 Å². The fourth-order valence-corrected chi connectivity index (χ4v) is 2.31. The van der Waals surface area contributed by atoms with Crippen molar-refractivity contribution in [3.8, 4) is 11.5 Å². The lowest BCUT2D eigenvalue weighted by Gasteiger charge is -1.95.